The third-order valence-corrected chi connectivity index (χ3v) is 10.1. The van der Waals surface area contributed by atoms with Gasteiger partial charge in [0.15, 0.2) is 11.6 Å². The van der Waals surface area contributed by atoms with Gasteiger partial charge in [0.1, 0.15) is 5.70 Å². The topological polar surface area (TPSA) is 121 Å². The normalized spacial score (nSPS) is 12.7. The van der Waals surface area contributed by atoms with Crippen molar-refractivity contribution in [3.8, 4) is 0 Å². The molecule has 0 saturated carbocycles. The van der Waals surface area contributed by atoms with E-state index in [1.165, 1.54) is 17.8 Å². The molecule has 0 saturated heterocycles. The molecular weight excluding hydrogens is 705 g/mol. The van der Waals surface area contributed by atoms with Crippen molar-refractivity contribution in [1.82, 2.24) is 5.32 Å². The number of halogens is 2. The number of thioether (sulfide) groups is 1. The molecule has 5 aromatic rings. The highest BCUT2D eigenvalue weighted by Crippen LogP contribution is 2.34. The maximum absolute atomic E-state index is 13.6. The van der Waals surface area contributed by atoms with E-state index in [1.807, 2.05) is 6.92 Å². The highest BCUT2D eigenvalue weighted by Gasteiger charge is 2.32. The monoisotopic (exact) mass is 733 g/mol. The van der Waals surface area contributed by atoms with E-state index in [4.69, 9.17) is 23.2 Å². The van der Waals surface area contributed by atoms with Crippen LogP contribution in [0.4, 0.5) is 11.4 Å². The summed E-state index contributed by atoms with van der Waals surface area (Å²) in [4.78, 5) is 67.6. The fourth-order valence-electron chi connectivity index (χ4n) is 5.53. The highest BCUT2D eigenvalue weighted by atomic mass is 35.5. The first-order chi connectivity index (χ1) is 24.6. The Labute approximate surface area is 308 Å². The molecular formula is C40H29Cl2N3O5S. The SMILES string of the molecule is CCC(Sc1cccc(NC(=O)/C(=C\c2c(Cl)cccc2Cl)NC(=O)c2ccccc2)c1)C(=O)Nc1cccc2c1C(=O)c1ccccc1C2=O. The molecule has 0 fully saturated rings. The smallest absolute Gasteiger partial charge is 0.272 e. The molecule has 8 nitrogen and oxygen atoms in total. The number of ketones is 2. The number of hydrogen-bond donors (Lipinski definition) is 3. The van der Waals surface area contributed by atoms with Gasteiger partial charge in [0.25, 0.3) is 11.8 Å². The van der Waals surface area contributed by atoms with Gasteiger partial charge in [0.05, 0.1) is 16.5 Å². The Morgan fingerprint density at radius 1 is 0.725 bits per heavy atom. The maximum atomic E-state index is 13.6. The average Bonchev–Trinajstić information content (AvgIpc) is 3.14. The molecule has 11 heteroatoms. The molecule has 1 atom stereocenters. The minimum Gasteiger partial charge on any atom is -0.324 e. The van der Waals surface area contributed by atoms with Crippen molar-refractivity contribution in [2.45, 2.75) is 23.5 Å². The van der Waals surface area contributed by atoms with Gasteiger partial charge in [0.2, 0.25) is 5.91 Å². The lowest BCUT2D eigenvalue weighted by atomic mass is 9.83. The number of nitrogens with one attached hydrogen (secondary N) is 3. The Balaban J connectivity index is 1.20. The Morgan fingerprint density at radius 2 is 1.35 bits per heavy atom. The van der Waals surface area contributed by atoms with Gasteiger partial charge in [-0.25, -0.2) is 0 Å². The van der Waals surface area contributed by atoms with Crippen LogP contribution in [0, 0.1) is 0 Å². The van der Waals surface area contributed by atoms with Gasteiger partial charge in [-0.3, -0.25) is 24.0 Å². The van der Waals surface area contributed by atoms with E-state index in [9.17, 15) is 24.0 Å². The van der Waals surface area contributed by atoms with E-state index in [0.29, 0.717) is 49.3 Å². The number of carbonyl (C=O) groups excluding carboxylic acids is 5. The molecule has 6 rings (SSSR count). The second-order valence-corrected chi connectivity index (χ2v) is 13.5. The highest BCUT2D eigenvalue weighted by molar-refractivity contribution is 8.00. The predicted molar refractivity (Wildman–Crippen MR) is 202 cm³/mol. The number of fused-ring (bicyclic) bond motifs is 2. The van der Waals surface area contributed by atoms with Crippen molar-refractivity contribution in [1.29, 1.82) is 0 Å². The summed E-state index contributed by atoms with van der Waals surface area (Å²) < 4.78 is 0. The third kappa shape index (κ3) is 7.81. The van der Waals surface area contributed by atoms with Gasteiger partial charge in [-0.2, -0.15) is 0 Å². The van der Waals surface area contributed by atoms with Crippen LogP contribution in [-0.4, -0.2) is 34.5 Å². The molecule has 254 valence electrons. The molecule has 0 bridgehead atoms. The summed E-state index contributed by atoms with van der Waals surface area (Å²) in [5, 5.41) is 8.37. The maximum Gasteiger partial charge on any atom is 0.272 e. The van der Waals surface area contributed by atoms with E-state index in [0.717, 1.165) is 0 Å². The largest absolute Gasteiger partial charge is 0.324 e. The second kappa shape index (κ2) is 15.6. The molecule has 0 aliphatic heterocycles. The Hall–Kier alpha value is -5.48. The van der Waals surface area contributed by atoms with E-state index in [1.54, 1.807) is 115 Å². The standard InChI is InChI=1S/C40H29Cl2N3O5S/c1-2-34(40(50)44-32-20-9-17-28-35(32)37(47)27-16-7-6-15-26(27)36(28)46)51-25-14-8-13-24(21-25)43-39(49)33(22-29-30(41)18-10-19-31(29)42)45-38(48)23-11-4-3-5-12-23/h3-22,34H,2H2,1H3,(H,43,49)(H,44,50)(H,45,48)/b33-22+. The molecule has 3 N–H and O–H groups in total. The summed E-state index contributed by atoms with van der Waals surface area (Å²) in [5.41, 5.74) is 2.32. The van der Waals surface area contributed by atoms with Crippen LogP contribution in [0.25, 0.3) is 6.08 Å². The lowest BCUT2D eigenvalue weighted by molar-refractivity contribution is -0.116. The van der Waals surface area contributed by atoms with Gasteiger partial charge in [-0.15, -0.1) is 11.8 Å². The summed E-state index contributed by atoms with van der Waals surface area (Å²) in [7, 11) is 0. The molecule has 0 aromatic heterocycles. The fraction of sp³-hybridized carbons (Fsp3) is 0.0750. The Bertz CT molecular complexity index is 2220. The zero-order valence-corrected chi connectivity index (χ0v) is 29.4. The molecule has 0 spiro atoms. The Kier molecular flexibility index (Phi) is 10.8. The predicted octanol–water partition coefficient (Wildman–Crippen LogP) is 8.69. The summed E-state index contributed by atoms with van der Waals surface area (Å²) in [6.07, 6.45) is 1.85. The average molecular weight is 735 g/mol. The van der Waals surface area contributed by atoms with Crippen LogP contribution in [0.3, 0.4) is 0 Å². The van der Waals surface area contributed by atoms with Crippen molar-refractivity contribution in [3.05, 3.63) is 164 Å². The van der Waals surface area contributed by atoms with Crippen LogP contribution in [0.1, 0.15) is 61.1 Å². The molecule has 5 aromatic carbocycles. The van der Waals surface area contributed by atoms with Crippen LogP contribution in [0.5, 0.6) is 0 Å². The minimum absolute atomic E-state index is 0.0930. The Morgan fingerprint density at radius 3 is 2.06 bits per heavy atom. The van der Waals surface area contributed by atoms with Crippen LogP contribution in [0.2, 0.25) is 10.0 Å². The number of carbonyl (C=O) groups is 5. The molecule has 1 unspecified atom stereocenters. The van der Waals surface area contributed by atoms with E-state index in [-0.39, 0.29) is 40.0 Å². The zero-order chi connectivity index (χ0) is 36.1. The van der Waals surface area contributed by atoms with Crippen LogP contribution in [0.15, 0.2) is 126 Å². The molecule has 1 aliphatic rings. The van der Waals surface area contributed by atoms with Gasteiger partial charge in [-0.1, -0.05) is 96.9 Å². The van der Waals surface area contributed by atoms with Crippen molar-refractivity contribution in [3.63, 3.8) is 0 Å². The molecule has 0 radical (unpaired) electrons. The minimum atomic E-state index is -0.628. The van der Waals surface area contributed by atoms with Gasteiger partial charge >= 0.3 is 0 Å². The number of amides is 3. The van der Waals surface area contributed by atoms with E-state index >= 15 is 0 Å². The molecule has 1 aliphatic carbocycles. The van der Waals surface area contributed by atoms with Gasteiger partial charge < -0.3 is 16.0 Å². The van der Waals surface area contributed by atoms with Crippen molar-refractivity contribution < 1.29 is 24.0 Å². The summed E-state index contributed by atoms with van der Waals surface area (Å²) in [6, 6.07) is 31.8. The van der Waals surface area contributed by atoms with Crippen LogP contribution < -0.4 is 16.0 Å². The third-order valence-electron chi connectivity index (χ3n) is 8.06. The molecule has 0 heterocycles. The number of anilines is 2. The van der Waals surface area contributed by atoms with Crippen molar-refractivity contribution in [2.75, 3.05) is 10.6 Å². The first-order valence-electron chi connectivity index (χ1n) is 15.9. The lowest BCUT2D eigenvalue weighted by Gasteiger charge is -2.21. The number of benzene rings is 5. The summed E-state index contributed by atoms with van der Waals surface area (Å²) >= 11 is 14.0. The molecule has 3 amide bonds. The number of hydrogen-bond acceptors (Lipinski definition) is 6. The van der Waals surface area contributed by atoms with Gasteiger partial charge in [0, 0.05) is 48.4 Å². The van der Waals surface area contributed by atoms with Gasteiger partial charge in [-0.05, 0) is 61.0 Å². The summed E-state index contributed by atoms with van der Waals surface area (Å²) in [5.74, 6) is -2.09. The van der Waals surface area contributed by atoms with E-state index < -0.39 is 17.1 Å². The second-order valence-electron chi connectivity index (χ2n) is 11.4. The lowest BCUT2D eigenvalue weighted by Crippen LogP contribution is -2.30. The first kappa shape index (κ1) is 35.3. The van der Waals surface area contributed by atoms with Crippen molar-refractivity contribution >= 4 is 81.7 Å². The van der Waals surface area contributed by atoms with Crippen molar-refractivity contribution in [2.24, 2.45) is 0 Å². The molecule has 51 heavy (non-hydrogen) atoms. The van der Waals surface area contributed by atoms with E-state index in [2.05, 4.69) is 16.0 Å². The zero-order valence-electron chi connectivity index (χ0n) is 27.0. The van der Waals surface area contributed by atoms with Crippen LogP contribution in [-0.2, 0) is 9.59 Å². The number of rotatable bonds is 10. The first-order valence-corrected chi connectivity index (χ1v) is 17.5. The fourth-order valence-corrected chi connectivity index (χ4v) is 7.05. The summed E-state index contributed by atoms with van der Waals surface area (Å²) in [6.45, 7) is 1.86. The quantitative estimate of drug-likeness (QED) is 0.0957. The van der Waals surface area contributed by atoms with Crippen LogP contribution >= 0.6 is 35.0 Å².